The minimum absolute atomic E-state index is 0.116. The van der Waals surface area contributed by atoms with E-state index in [1.54, 1.807) is 11.3 Å². The fraction of sp³-hybridized carbons (Fsp3) is 0.261. The molecular formula is C23H22N4O2S2. The van der Waals surface area contributed by atoms with Gasteiger partial charge in [0.2, 0.25) is 5.91 Å². The van der Waals surface area contributed by atoms with Gasteiger partial charge in [-0.15, -0.1) is 21.5 Å². The fourth-order valence-corrected chi connectivity index (χ4v) is 5.12. The number of piperazine rings is 1. The lowest BCUT2D eigenvalue weighted by atomic mass is 10.0. The lowest BCUT2D eigenvalue weighted by molar-refractivity contribution is -0.130. The molecule has 0 N–H and O–H groups in total. The van der Waals surface area contributed by atoms with Gasteiger partial charge in [-0.2, -0.15) is 0 Å². The molecule has 1 aliphatic rings. The van der Waals surface area contributed by atoms with Crippen LogP contribution in [0, 0.1) is 0 Å². The lowest BCUT2D eigenvalue weighted by Gasteiger charge is -2.34. The number of fused-ring (bicyclic) bond motifs is 1. The predicted molar refractivity (Wildman–Crippen MR) is 124 cm³/mol. The molecule has 8 heteroatoms. The van der Waals surface area contributed by atoms with Gasteiger partial charge in [-0.1, -0.05) is 60.3 Å². The summed E-state index contributed by atoms with van der Waals surface area (Å²) in [6.45, 7) is 4.15. The molecule has 0 radical (unpaired) electrons. The lowest BCUT2D eigenvalue weighted by Crippen LogP contribution is -2.48. The maximum atomic E-state index is 12.6. The molecule has 3 heterocycles. The molecule has 1 fully saturated rings. The van der Waals surface area contributed by atoms with E-state index in [4.69, 9.17) is 4.42 Å². The highest BCUT2D eigenvalue weighted by atomic mass is 32.2. The molecule has 5 rings (SSSR count). The average molecular weight is 451 g/mol. The molecule has 31 heavy (non-hydrogen) atoms. The highest BCUT2D eigenvalue weighted by molar-refractivity contribution is 7.99. The van der Waals surface area contributed by atoms with Crippen LogP contribution in [0.3, 0.4) is 0 Å². The minimum Gasteiger partial charge on any atom is -0.410 e. The van der Waals surface area contributed by atoms with E-state index >= 15 is 0 Å². The topological polar surface area (TPSA) is 62.5 Å². The van der Waals surface area contributed by atoms with Crippen molar-refractivity contribution < 1.29 is 9.21 Å². The Morgan fingerprint density at radius 3 is 2.68 bits per heavy atom. The van der Waals surface area contributed by atoms with Gasteiger partial charge in [0, 0.05) is 32.7 Å². The summed E-state index contributed by atoms with van der Waals surface area (Å²) in [7, 11) is 0. The van der Waals surface area contributed by atoms with Crippen molar-refractivity contribution in [1.29, 1.82) is 0 Å². The summed E-state index contributed by atoms with van der Waals surface area (Å²) in [6.07, 6.45) is 0. The first-order valence-electron chi connectivity index (χ1n) is 10.2. The summed E-state index contributed by atoms with van der Waals surface area (Å²) in [5.41, 5.74) is 1.34. The number of aromatic nitrogens is 2. The van der Waals surface area contributed by atoms with Gasteiger partial charge in [0.1, 0.15) is 0 Å². The Morgan fingerprint density at radius 1 is 1.00 bits per heavy atom. The van der Waals surface area contributed by atoms with Crippen LogP contribution in [0.4, 0.5) is 0 Å². The number of amides is 1. The minimum atomic E-state index is 0.116. The molecule has 2 aromatic heterocycles. The molecule has 1 saturated heterocycles. The third kappa shape index (κ3) is 4.66. The van der Waals surface area contributed by atoms with E-state index in [-0.39, 0.29) is 5.91 Å². The number of thiophene rings is 1. The zero-order valence-electron chi connectivity index (χ0n) is 16.9. The van der Waals surface area contributed by atoms with Crippen LogP contribution < -0.4 is 0 Å². The quantitative estimate of drug-likeness (QED) is 0.406. The molecule has 0 spiro atoms. The van der Waals surface area contributed by atoms with Crippen LogP contribution in [0.5, 0.6) is 0 Å². The average Bonchev–Trinajstić information content (AvgIpc) is 3.50. The molecule has 2 aromatic carbocycles. The number of carbonyl (C=O) groups excluding carboxylic acids is 1. The van der Waals surface area contributed by atoms with Gasteiger partial charge in [0.25, 0.3) is 11.1 Å². The first-order chi connectivity index (χ1) is 15.3. The zero-order valence-corrected chi connectivity index (χ0v) is 18.6. The van der Waals surface area contributed by atoms with Gasteiger partial charge in [-0.3, -0.25) is 9.69 Å². The third-order valence-corrected chi connectivity index (χ3v) is 7.12. The van der Waals surface area contributed by atoms with Crippen LogP contribution in [-0.2, 0) is 11.3 Å². The van der Waals surface area contributed by atoms with Gasteiger partial charge in [-0.05, 0) is 27.8 Å². The number of nitrogens with zero attached hydrogens (tertiary/aromatic N) is 4. The van der Waals surface area contributed by atoms with Gasteiger partial charge < -0.3 is 9.32 Å². The van der Waals surface area contributed by atoms with Crippen molar-refractivity contribution in [3.05, 3.63) is 65.5 Å². The monoisotopic (exact) mass is 450 g/mol. The Balaban J connectivity index is 1.12. The Kier molecular flexibility index (Phi) is 6.01. The molecule has 158 valence electrons. The summed E-state index contributed by atoms with van der Waals surface area (Å²) in [4.78, 5) is 17.9. The van der Waals surface area contributed by atoms with Crippen molar-refractivity contribution in [3.8, 4) is 10.8 Å². The number of benzene rings is 2. The van der Waals surface area contributed by atoms with E-state index in [1.807, 2.05) is 22.4 Å². The van der Waals surface area contributed by atoms with E-state index in [0.29, 0.717) is 16.9 Å². The highest BCUT2D eigenvalue weighted by Crippen LogP contribution is 2.27. The van der Waals surface area contributed by atoms with Gasteiger partial charge >= 0.3 is 0 Å². The van der Waals surface area contributed by atoms with Crippen LogP contribution in [0.1, 0.15) is 5.56 Å². The smallest absolute Gasteiger partial charge is 0.277 e. The van der Waals surface area contributed by atoms with Crippen molar-refractivity contribution in [3.63, 3.8) is 0 Å². The van der Waals surface area contributed by atoms with Crippen molar-refractivity contribution in [2.24, 2.45) is 0 Å². The molecule has 0 aliphatic carbocycles. The molecular weight excluding hydrogens is 428 g/mol. The van der Waals surface area contributed by atoms with Crippen molar-refractivity contribution in [2.45, 2.75) is 11.8 Å². The van der Waals surface area contributed by atoms with Crippen LogP contribution >= 0.6 is 23.1 Å². The number of thioether (sulfide) groups is 1. The molecule has 0 atom stereocenters. The summed E-state index contributed by atoms with van der Waals surface area (Å²) in [5.74, 6) is 0.938. The van der Waals surface area contributed by atoms with Crippen molar-refractivity contribution in [2.75, 3.05) is 31.9 Å². The first kappa shape index (κ1) is 20.2. The summed E-state index contributed by atoms with van der Waals surface area (Å²) in [6, 6.07) is 18.9. The SMILES string of the molecule is O=C(CSc1nnc(-c2cccs2)o1)N1CCN(Cc2cccc3ccccc23)CC1. The van der Waals surface area contributed by atoms with Crippen LogP contribution in [0.25, 0.3) is 21.5 Å². The second-order valence-electron chi connectivity index (χ2n) is 7.43. The van der Waals surface area contributed by atoms with Crippen LogP contribution in [-0.4, -0.2) is 57.8 Å². The standard InChI is InChI=1S/C23H22N4O2S2/c28-21(16-31-23-25-24-22(29-23)20-9-4-14-30-20)27-12-10-26(11-13-27)15-18-7-3-6-17-5-1-2-8-19(17)18/h1-9,14H,10-13,15-16H2. The molecule has 0 unspecified atom stereocenters. The molecule has 1 amide bonds. The second-order valence-corrected chi connectivity index (χ2v) is 9.31. The van der Waals surface area contributed by atoms with Gasteiger partial charge in [0.15, 0.2) is 0 Å². The molecule has 0 bridgehead atoms. The third-order valence-electron chi connectivity index (χ3n) is 5.46. The number of hydrogen-bond donors (Lipinski definition) is 0. The molecule has 1 aliphatic heterocycles. The van der Waals surface area contributed by atoms with E-state index < -0.39 is 0 Å². The Bertz CT molecular complexity index is 1160. The zero-order chi connectivity index (χ0) is 21.0. The van der Waals surface area contributed by atoms with E-state index in [2.05, 4.69) is 57.6 Å². The van der Waals surface area contributed by atoms with E-state index in [0.717, 1.165) is 37.6 Å². The Morgan fingerprint density at radius 2 is 1.84 bits per heavy atom. The Hall–Kier alpha value is -2.68. The summed E-state index contributed by atoms with van der Waals surface area (Å²) < 4.78 is 5.66. The molecule has 6 nitrogen and oxygen atoms in total. The summed E-state index contributed by atoms with van der Waals surface area (Å²) >= 11 is 2.86. The Labute approximate surface area is 188 Å². The first-order valence-corrected chi connectivity index (χ1v) is 12.1. The molecule has 4 aromatic rings. The van der Waals surface area contributed by atoms with Crippen molar-refractivity contribution >= 4 is 39.8 Å². The normalized spacial score (nSPS) is 14.9. The van der Waals surface area contributed by atoms with Crippen LogP contribution in [0.15, 0.2) is 69.6 Å². The van der Waals surface area contributed by atoms with E-state index in [1.165, 1.54) is 28.1 Å². The largest absolute Gasteiger partial charge is 0.410 e. The van der Waals surface area contributed by atoms with Gasteiger partial charge in [-0.25, -0.2) is 0 Å². The van der Waals surface area contributed by atoms with Crippen LogP contribution in [0.2, 0.25) is 0 Å². The molecule has 0 saturated carbocycles. The van der Waals surface area contributed by atoms with Crippen molar-refractivity contribution in [1.82, 2.24) is 20.0 Å². The van der Waals surface area contributed by atoms with E-state index in [9.17, 15) is 4.79 Å². The predicted octanol–water partition coefficient (Wildman–Crippen LogP) is 4.39. The number of hydrogen-bond acceptors (Lipinski definition) is 7. The van der Waals surface area contributed by atoms with Gasteiger partial charge in [0.05, 0.1) is 10.6 Å². The fourth-order valence-electron chi connectivity index (χ4n) is 3.81. The highest BCUT2D eigenvalue weighted by Gasteiger charge is 2.22. The summed E-state index contributed by atoms with van der Waals surface area (Å²) in [5, 5.41) is 13.1. The number of carbonyl (C=O) groups is 1. The maximum absolute atomic E-state index is 12.6. The second kappa shape index (κ2) is 9.21. The maximum Gasteiger partial charge on any atom is 0.277 e. The number of rotatable bonds is 6.